The molecule has 0 spiro atoms. The number of methoxy groups -OCH3 is 2. The van der Waals surface area contributed by atoms with E-state index in [1.165, 1.54) is 36.3 Å². The quantitative estimate of drug-likeness (QED) is 0.212. The molecule has 1 N–H and O–H groups in total. The summed E-state index contributed by atoms with van der Waals surface area (Å²) in [5.41, 5.74) is 0.989. The van der Waals surface area contributed by atoms with Gasteiger partial charge >= 0.3 is 18.0 Å². The van der Waals surface area contributed by atoms with Crippen molar-refractivity contribution in [3.8, 4) is 0 Å². The highest BCUT2D eigenvalue weighted by Gasteiger charge is 2.40. The molecule has 0 aliphatic carbocycles. The molecule has 1 saturated heterocycles. The molecule has 0 saturated carbocycles. The average molecular weight is 528 g/mol. The molecule has 38 heavy (non-hydrogen) atoms. The zero-order valence-corrected chi connectivity index (χ0v) is 21.0. The number of nitrogens with zero attached hydrogens (tertiary/aromatic N) is 2. The summed E-state index contributed by atoms with van der Waals surface area (Å²) < 4.78 is 15.0. The number of amides is 2. The lowest BCUT2D eigenvalue weighted by molar-refractivity contribution is -0.384. The van der Waals surface area contributed by atoms with Crippen LogP contribution in [0.3, 0.4) is 0 Å². The highest BCUT2D eigenvalue weighted by Crippen LogP contribution is 2.28. The van der Waals surface area contributed by atoms with Crippen molar-refractivity contribution in [2.75, 3.05) is 20.8 Å². The number of hydrogen-bond acceptors (Lipinski definition) is 9. The fourth-order valence-electron chi connectivity index (χ4n) is 4.29. The maximum Gasteiger partial charge on any atom is 0.410 e. The number of nitro benzene ring substituents is 1. The summed E-state index contributed by atoms with van der Waals surface area (Å²) in [4.78, 5) is 62.8. The van der Waals surface area contributed by atoms with Gasteiger partial charge in [-0.15, -0.1) is 0 Å². The smallest absolute Gasteiger partial charge is 0.410 e. The van der Waals surface area contributed by atoms with E-state index in [1.54, 1.807) is 0 Å². The van der Waals surface area contributed by atoms with Gasteiger partial charge in [-0.3, -0.25) is 24.6 Å². The molecule has 2 aromatic rings. The van der Waals surface area contributed by atoms with Gasteiger partial charge in [0.15, 0.2) is 0 Å². The number of benzene rings is 2. The van der Waals surface area contributed by atoms with E-state index in [0.29, 0.717) is 24.9 Å². The van der Waals surface area contributed by atoms with Gasteiger partial charge in [0.25, 0.3) is 5.69 Å². The predicted molar refractivity (Wildman–Crippen MR) is 133 cm³/mol. The number of rotatable bonds is 10. The van der Waals surface area contributed by atoms with Crippen LogP contribution in [-0.4, -0.2) is 66.6 Å². The third-order valence-corrected chi connectivity index (χ3v) is 6.30. The minimum Gasteiger partial charge on any atom is -0.469 e. The Morgan fingerprint density at radius 3 is 2.34 bits per heavy atom. The van der Waals surface area contributed by atoms with E-state index < -0.39 is 46.9 Å². The number of carbonyl (C=O) groups is 4. The Kier molecular flexibility index (Phi) is 9.74. The lowest BCUT2D eigenvalue weighted by Gasteiger charge is -2.29. The van der Waals surface area contributed by atoms with Gasteiger partial charge in [-0.05, 0) is 24.0 Å². The minimum atomic E-state index is -1.34. The first-order valence-electron chi connectivity index (χ1n) is 11.9. The van der Waals surface area contributed by atoms with Crippen LogP contribution < -0.4 is 5.32 Å². The van der Waals surface area contributed by atoms with Crippen LogP contribution in [0.5, 0.6) is 0 Å². The average Bonchev–Trinajstić information content (AvgIpc) is 3.44. The summed E-state index contributed by atoms with van der Waals surface area (Å²) in [6, 6.07) is 12.1. The van der Waals surface area contributed by atoms with Gasteiger partial charge in [0.2, 0.25) is 5.91 Å². The third kappa shape index (κ3) is 7.05. The number of nitrogens with one attached hydrogen (secondary N) is 1. The molecule has 1 heterocycles. The van der Waals surface area contributed by atoms with Gasteiger partial charge in [-0.25, -0.2) is 9.59 Å². The number of ether oxygens (including phenoxy) is 3. The largest absolute Gasteiger partial charge is 0.469 e. The topological polar surface area (TPSA) is 154 Å². The summed E-state index contributed by atoms with van der Waals surface area (Å²) in [5, 5.41) is 13.7. The zero-order valence-electron chi connectivity index (χ0n) is 21.0. The van der Waals surface area contributed by atoms with Crippen LogP contribution >= 0.6 is 0 Å². The van der Waals surface area contributed by atoms with Crippen molar-refractivity contribution in [2.45, 2.75) is 43.9 Å². The molecule has 0 aromatic heterocycles. The second-order valence-electron chi connectivity index (χ2n) is 8.64. The number of likely N-dealkylation sites (tertiary alicyclic amines) is 1. The Morgan fingerprint density at radius 1 is 1.05 bits per heavy atom. The van der Waals surface area contributed by atoms with Crippen LogP contribution in [0.4, 0.5) is 10.5 Å². The van der Waals surface area contributed by atoms with E-state index in [0.717, 1.165) is 12.7 Å². The van der Waals surface area contributed by atoms with E-state index in [4.69, 9.17) is 14.2 Å². The summed E-state index contributed by atoms with van der Waals surface area (Å²) in [7, 11) is 2.31. The first-order chi connectivity index (χ1) is 18.2. The summed E-state index contributed by atoms with van der Waals surface area (Å²) in [5.74, 6) is -3.07. The van der Waals surface area contributed by atoms with E-state index in [9.17, 15) is 29.3 Å². The molecule has 2 aromatic carbocycles. The number of non-ortho nitro benzene ring substituents is 1. The van der Waals surface area contributed by atoms with Crippen LogP contribution in [0.1, 0.15) is 36.3 Å². The molecule has 0 bridgehead atoms. The monoisotopic (exact) mass is 527 g/mol. The van der Waals surface area contributed by atoms with Crippen LogP contribution in [0.25, 0.3) is 0 Å². The third-order valence-electron chi connectivity index (χ3n) is 6.30. The number of esters is 2. The number of hydrogen-bond donors (Lipinski definition) is 1. The van der Waals surface area contributed by atoms with E-state index >= 15 is 0 Å². The fourth-order valence-corrected chi connectivity index (χ4v) is 4.29. The lowest BCUT2D eigenvalue weighted by Crippen LogP contribution is -2.53. The van der Waals surface area contributed by atoms with Crippen LogP contribution in [0.15, 0.2) is 54.6 Å². The number of nitro groups is 1. The first kappa shape index (κ1) is 28.1. The van der Waals surface area contributed by atoms with Crippen molar-refractivity contribution in [3.63, 3.8) is 0 Å². The van der Waals surface area contributed by atoms with E-state index in [2.05, 4.69) is 5.32 Å². The van der Waals surface area contributed by atoms with E-state index in [-0.39, 0.29) is 18.7 Å². The maximum atomic E-state index is 13.3. The van der Waals surface area contributed by atoms with Gasteiger partial charge < -0.3 is 19.5 Å². The molecule has 12 nitrogen and oxygen atoms in total. The summed E-state index contributed by atoms with van der Waals surface area (Å²) in [6.07, 6.45) is -0.0843. The molecule has 1 aliphatic heterocycles. The van der Waals surface area contributed by atoms with Crippen LogP contribution in [0.2, 0.25) is 0 Å². The highest BCUT2D eigenvalue weighted by atomic mass is 16.6. The van der Waals surface area contributed by atoms with Gasteiger partial charge in [0.05, 0.1) is 25.6 Å². The lowest BCUT2D eigenvalue weighted by atomic mass is 9.88. The molecular weight excluding hydrogens is 498 g/mol. The molecule has 12 heteroatoms. The van der Waals surface area contributed by atoms with E-state index in [1.807, 2.05) is 30.3 Å². The van der Waals surface area contributed by atoms with Crippen LogP contribution in [-0.2, 0) is 35.2 Å². The van der Waals surface area contributed by atoms with Crippen molar-refractivity contribution in [1.29, 1.82) is 0 Å². The molecule has 0 radical (unpaired) electrons. The summed E-state index contributed by atoms with van der Waals surface area (Å²) in [6.45, 7) is 0.333. The summed E-state index contributed by atoms with van der Waals surface area (Å²) >= 11 is 0. The normalized spacial score (nSPS) is 16.2. The van der Waals surface area contributed by atoms with Gasteiger partial charge in [0, 0.05) is 24.6 Å². The minimum absolute atomic E-state index is 0.0383. The molecule has 202 valence electrons. The molecule has 1 fully saturated rings. The second kappa shape index (κ2) is 13.2. The second-order valence-corrected chi connectivity index (χ2v) is 8.64. The number of carbonyl (C=O) groups excluding carboxylic acids is 4. The molecule has 3 rings (SSSR count). The standard InChI is InChI=1S/C26H29N3O9/c1-36-22(30)15-20(18-10-12-19(13-11-18)29(34)35)23(25(32)37-2)27-24(31)21-9-6-14-28(21)26(33)38-16-17-7-4-3-5-8-17/h3-5,7-8,10-13,20-21,23H,6,9,14-16H2,1-2H3,(H,27,31)/t20-,21+,23+/m0/s1. The van der Waals surface area contributed by atoms with Crippen molar-refractivity contribution >= 4 is 29.6 Å². The first-order valence-corrected chi connectivity index (χ1v) is 11.9. The van der Waals surface area contributed by atoms with Gasteiger partial charge in [-0.2, -0.15) is 0 Å². The Hall–Kier alpha value is -4.48. The van der Waals surface area contributed by atoms with Gasteiger partial charge in [0.1, 0.15) is 18.7 Å². The molecule has 0 unspecified atom stereocenters. The SMILES string of the molecule is COC(=O)C[C@@H](c1ccc([N+](=O)[O-])cc1)[C@@H](NC(=O)[C@H]1CCCN1C(=O)OCc1ccccc1)C(=O)OC. The Balaban J connectivity index is 1.80. The highest BCUT2D eigenvalue weighted by molar-refractivity contribution is 5.91. The van der Waals surface area contributed by atoms with Crippen molar-refractivity contribution in [1.82, 2.24) is 10.2 Å². The van der Waals surface area contributed by atoms with Gasteiger partial charge in [-0.1, -0.05) is 42.5 Å². The van der Waals surface area contributed by atoms with Crippen molar-refractivity contribution in [2.24, 2.45) is 0 Å². The molecular formula is C26H29N3O9. The molecule has 2 amide bonds. The van der Waals surface area contributed by atoms with Crippen LogP contribution in [0, 0.1) is 10.1 Å². The van der Waals surface area contributed by atoms with Crippen molar-refractivity contribution in [3.05, 3.63) is 75.8 Å². The Bertz CT molecular complexity index is 1150. The Labute approximate surface area is 219 Å². The zero-order chi connectivity index (χ0) is 27.7. The predicted octanol–water partition coefficient (Wildman–Crippen LogP) is 2.70. The fraction of sp³-hybridized carbons (Fsp3) is 0.385. The maximum absolute atomic E-state index is 13.3. The molecule has 3 atom stereocenters. The van der Waals surface area contributed by atoms with Crippen molar-refractivity contribution < 1.29 is 38.3 Å². The Morgan fingerprint density at radius 2 is 1.74 bits per heavy atom. The molecule has 1 aliphatic rings.